The molecular formula is C7H13N2O2S2+. The van der Waals surface area contributed by atoms with Crippen LogP contribution >= 0.6 is 11.3 Å². The van der Waals surface area contributed by atoms with Crippen LogP contribution in [0.1, 0.15) is 11.9 Å². The van der Waals surface area contributed by atoms with Gasteiger partial charge in [0, 0.05) is 0 Å². The number of hydrogen-bond donors (Lipinski definition) is 1. The van der Waals surface area contributed by atoms with E-state index in [-0.39, 0.29) is 5.75 Å². The molecule has 0 aliphatic rings. The number of rotatable bonds is 3. The minimum Gasteiger partial charge on any atom is -0.321 e. The first-order valence-electron chi connectivity index (χ1n) is 3.92. The predicted octanol–water partition coefficient (Wildman–Crippen LogP) is -0.175. The lowest BCUT2D eigenvalue weighted by Gasteiger charge is -1.90. The van der Waals surface area contributed by atoms with Crippen LogP contribution in [0.4, 0.5) is 0 Å². The summed E-state index contributed by atoms with van der Waals surface area (Å²) in [5.74, 6) is 0.136. The third kappa shape index (κ3) is 2.07. The quantitative estimate of drug-likeness (QED) is 0.720. The number of aromatic nitrogens is 1. The van der Waals surface area contributed by atoms with E-state index in [2.05, 4.69) is 0 Å². The predicted molar refractivity (Wildman–Crippen MR) is 51.1 cm³/mol. The van der Waals surface area contributed by atoms with Crippen molar-refractivity contribution in [3.05, 3.63) is 11.2 Å². The van der Waals surface area contributed by atoms with E-state index in [1.54, 1.807) is 24.7 Å². The van der Waals surface area contributed by atoms with Crippen LogP contribution in [0.2, 0.25) is 0 Å². The van der Waals surface area contributed by atoms with Gasteiger partial charge >= 0.3 is 0 Å². The van der Waals surface area contributed by atoms with Gasteiger partial charge in [0.05, 0.1) is 12.3 Å². The summed E-state index contributed by atoms with van der Waals surface area (Å²) in [6, 6.07) is 0. The Balaban J connectivity index is 3.19. The molecule has 74 valence electrons. The molecule has 1 rings (SSSR count). The molecule has 0 radical (unpaired) electrons. The first kappa shape index (κ1) is 10.6. The second-order valence-corrected chi connectivity index (χ2v) is 6.28. The van der Waals surface area contributed by atoms with Gasteiger partial charge in [0.2, 0.25) is 0 Å². The average molecular weight is 221 g/mol. The number of nitrogens with zero attached hydrogens (tertiary/aromatic N) is 1. The molecule has 0 spiro atoms. The zero-order valence-electron chi connectivity index (χ0n) is 7.65. The Morgan fingerprint density at radius 2 is 2.23 bits per heavy atom. The third-order valence-corrected chi connectivity index (χ3v) is 5.26. The molecule has 0 unspecified atom stereocenters. The zero-order chi connectivity index (χ0) is 10.1. The summed E-state index contributed by atoms with van der Waals surface area (Å²) in [6.07, 6.45) is 1.62. The standard InChI is InChI=1S/C7H13N2O2S2/c1-3-13(10,11)7-5-9(2)6(4-8)12-7/h5H,3-4,8H2,1-2H3/q+1. The molecule has 6 heteroatoms. The highest BCUT2D eigenvalue weighted by Crippen LogP contribution is 2.17. The van der Waals surface area contributed by atoms with Crippen molar-refractivity contribution < 1.29 is 13.0 Å². The lowest BCUT2D eigenvalue weighted by molar-refractivity contribution is -0.675. The highest BCUT2D eigenvalue weighted by atomic mass is 32.2. The van der Waals surface area contributed by atoms with Crippen LogP contribution in [-0.4, -0.2) is 14.2 Å². The van der Waals surface area contributed by atoms with E-state index in [1.807, 2.05) is 0 Å². The highest BCUT2D eigenvalue weighted by Gasteiger charge is 2.21. The number of sulfone groups is 1. The topological polar surface area (TPSA) is 64.0 Å². The van der Waals surface area contributed by atoms with E-state index in [0.717, 1.165) is 5.01 Å². The van der Waals surface area contributed by atoms with Gasteiger partial charge in [0.15, 0.2) is 20.2 Å². The molecule has 0 aliphatic carbocycles. The highest BCUT2D eigenvalue weighted by molar-refractivity contribution is 7.93. The van der Waals surface area contributed by atoms with Crippen LogP contribution < -0.4 is 10.3 Å². The Morgan fingerprint density at radius 3 is 2.62 bits per heavy atom. The molecule has 0 saturated carbocycles. The van der Waals surface area contributed by atoms with Gasteiger partial charge in [-0.2, -0.15) is 4.57 Å². The largest absolute Gasteiger partial charge is 0.321 e. The molecule has 0 bridgehead atoms. The Bertz CT molecular complexity index is 395. The normalized spacial score (nSPS) is 11.9. The Hall–Kier alpha value is -0.460. The second-order valence-electron chi connectivity index (χ2n) is 2.66. The van der Waals surface area contributed by atoms with Gasteiger partial charge in [-0.15, -0.1) is 0 Å². The van der Waals surface area contributed by atoms with Gasteiger partial charge in [-0.1, -0.05) is 18.3 Å². The van der Waals surface area contributed by atoms with E-state index in [4.69, 9.17) is 5.73 Å². The Morgan fingerprint density at radius 1 is 1.62 bits per heavy atom. The van der Waals surface area contributed by atoms with Gasteiger partial charge < -0.3 is 5.73 Å². The summed E-state index contributed by atoms with van der Waals surface area (Å²) in [6.45, 7) is 2.01. The lowest BCUT2D eigenvalue weighted by atomic mass is 10.7. The van der Waals surface area contributed by atoms with Crippen molar-refractivity contribution in [3.63, 3.8) is 0 Å². The van der Waals surface area contributed by atoms with Gasteiger partial charge in [0.25, 0.3) is 5.01 Å². The van der Waals surface area contributed by atoms with Crippen LogP contribution in [-0.2, 0) is 23.4 Å². The van der Waals surface area contributed by atoms with E-state index >= 15 is 0 Å². The molecule has 0 fully saturated rings. The summed E-state index contributed by atoms with van der Waals surface area (Å²) < 4.78 is 25.0. The molecule has 1 aromatic rings. The zero-order valence-corrected chi connectivity index (χ0v) is 9.28. The molecule has 2 N–H and O–H groups in total. The third-order valence-electron chi connectivity index (χ3n) is 1.77. The molecular weight excluding hydrogens is 208 g/mol. The maximum absolute atomic E-state index is 11.4. The van der Waals surface area contributed by atoms with Crippen molar-refractivity contribution in [3.8, 4) is 0 Å². The summed E-state index contributed by atoms with van der Waals surface area (Å²) >= 11 is 1.24. The fourth-order valence-electron chi connectivity index (χ4n) is 0.916. The molecule has 0 aromatic carbocycles. The van der Waals surface area contributed by atoms with Crippen LogP contribution in [0, 0.1) is 0 Å². The van der Waals surface area contributed by atoms with Gasteiger partial charge in [-0.05, 0) is 0 Å². The minimum absolute atomic E-state index is 0.136. The van der Waals surface area contributed by atoms with Crippen molar-refractivity contribution in [2.75, 3.05) is 5.75 Å². The molecule has 0 saturated heterocycles. The molecule has 4 nitrogen and oxygen atoms in total. The van der Waals surface area contributed by atoms with Crippen molar-refractivity contribution >= 4 is 21.2 Å². The number of nitrogens with two attached hydrogens (primary N) is 1. The fraction of sp³-hybridized carbons (Fsp3) is 0.571. The first-order chi connectivity index (χ1) is 6.01. The number of hydrogen-bond acceptors (Lipinski definition) is 4. The van der Waals surface area contributed by atoms with Crippen molar-refractivity contribution in [2.45, 2.75) is 17.7 Å². The Labute approximate surface area is 81.9 Å². The van der Waals surface area contributed by atoms with Crippen molar-refractivity contribution in [1.82, 2.24) is 0 Å². The van der Waals surface area contributed by atoms with Gasteiger partial charge in [-0.3, -0.25) is 0 Å². The molecule has 0 aliphatic heterocycles. The molecule has 1 aromatic heterocycles. The minimum atomic E-state index is -3.07. The van der Waals surface area contributed by atoms with Crippen molar-refractivity contribution in [1.29, 1.82) is 0 Å². The molecule has 13 heavy (non-hydrogen) atoms. The maximum atomic E-state index is 11.4. The van der Waals surface area contributed by atoms with E-state index < -0.39 is 9.84 Å². The molecule has 0 atom stereocenters. The van der Waals surface area contributed by atoms with E-state index in [9.17, 15) is 8.42 Å². The smallest absolute Gasteiger partial charge is 0.252 e. The van der Waals surface area contributed by atoms with E-state index in [0.29, 0.717) is 10.8 Å². The molecule has 1 heterocycles. The second kappa shape index (κ2) is 3.73. The van der Waals surface area contributed by atoms with Crippen LogP contribution in [0.15, 0.2) is 10.4 Å². The SMILES string of the molecule is CCS(=O)(=O)c1c[n+](C)c(CN)s1. The summed E-state index contributed by atoms with van der Waals surface area (Å²) in [5.41, 5.74) is 5.44. The van der Waals surface area contributed by atoms with Crippen LogP contribution in [0.3, 0.4) is 0 Å². The van der Waals surface area contributed by atoms with Crippen LogP contribution in [0.25, 0.3) is 0 Å². The van der Waals surface area contributed by atoms with Crippen LogP contribution in [0.5, 0.6) is 0 Å². The fourth-order valence-corrected chi connectivity index (χ4v) is 3.39. The summed E-state index contributed by atoms with van der Waals surface area (Å²) in [4.78, 5) is 0. The number of thiazole rings is 1. The molecule has 0 amide bonds. The van der Waals surface area contributed by atoms with Gasteiger partial charge in [0.1, 0.15) is 7.05 Å². The summed E-state index contributed by atoms with van der Waals surface area (Å²) in [5, 5.41) is 0.868. The average Bonchev–Trinajstić information content (AvgIpc) is 2.47. The number of aryl methyl sites for hydroxylation is 1. The summed E-state index contributed by atoms with van der Waals surface area (Å²) in [7, 11) is -1.27. The Kier molecular flexibility index (Phi) is 3.05. The first-order valence-corrected chi connectivity index (χ1v) is 6.39. The van der Waals surface area contributed by atoms with E-state index in [1.165, 1.54) is 11.3 Å². The lowest BCUT2D eigenvalue weighted by Crippen LogP contribution is -2.30. The van der Waals surface area contributed by atoms with Gasteiger partial charge in [-0.25, -0.2) is 8.42 Å². The van der Waals surface area contributed by atoms with Crippen molar-refractivity contribution in [2.24, 2.45) is 12.8 Å². The monoisotopic (exact) mass is 221 g/mol. The maximum Gasteiger partial charge on any atom is 0.252 e.